The highest BCUT2D eigenvalue weighted by Gasteiger charge is 2.45. The van der Waals surface area contributed by atoms with Crippen LogP contribution in [0.15, 0.2) is 48.5 Å². The molecule has 5 rings (SSSR count). The average Bonchev–Trinajstić information content (AvgIpc) is 3.40. The zero-order valence-electron chi connectivity index (χ0n) is 24.5. The number of ether oxygens (including phenoxy) is 3. The molecule has 0 aliphatic carbocycles. The number of hydrogen-bond acceptors (Lipinski definition) is 9. The first-order valence-corrected chi connectivity index (χ1v) is 14.6. The molecule has 2 saturated heterocycles. The Morgan fingerprint density at radius 3 is 2.41 bits per heavy atom. The van der Waals surface area contributed by atoms with E-state index in [-0.39, 0.29) is 40.6 Å². The minimum Gasteiger partial charge on any atom is -0.491 e. The molecule has 1 unspecified atom stereocenters. The van der Waals surface area contributed by atoms with Crippen LogP contribution in [-0.4, -0.2) is 61.0 Å². The molecule has 236 valence electrons. The van der Waals surface area contributed by atoms with Crippen molar-refractivity contribution in [2.45, 2.75) is 51.4 Å². The maximum Gasteiger partial charge on any atom is 0.429 e. The molecule has 1 aromatic heterocycles. The van der Waals surface area contributed by atoms with Gasteiger partial charge in [0, 0.05) is 31.3 Å². The summed E-state index contributed by atoms with van der Waals surface area (Å²) in [4.78, 5) is 22.3. The van der Waals surface area contributed by atoms with Crippen LogP contribution in [0.25, 0.3) is 11.1 Å². The average molecular weight is 618 g/mol. The molecule has 9 nitrogen and oxygen atoms in total. The summed E-state index contributed by atoms with van der Waals surface area (Å²) in [6.07, 6.45) is -4.92. The van der Waals surface area contributed by atoms with Gasteiger partial charge >= 0.3 is 12.1 Å². The number of nitrogen functional groups attached to an aromatic ring is 1. The van der Waals surface area contributed by atoms with E-state index in [9.17, 15) is 22.4 Å². The second kappa shape index (κ2) is 12.8. The standard InChI is InChI=1S/C31H35F4N5O4/c1-3-42-24-10-9-21(15-22(24)32)19-5-7-20(8-6-19)27(31(33,34)35)44-26-16-25(38-29(36)39-26)40-13-11-30(12-14-40)17-23(37-18-30)28(41)43-4-2/h5-10,15-16,23,27,37H,3-4,11-14,17-18H2,1-2H3,(H2,36,38,39)/t23?,27-/m1/s1. The molecule has 44 heavy (non-hydrogen) atoms. The number of hydrogen-bond donors (Lipinski definition) is 2. The van der Waals surface area contributed by atoms with Crippen LogP contribution >= 0.6 is 0 Å². The lowest BCUT2D eigenvalue weighted by molar-refractivity contribution is -0.198. The Balaban J connectivity index is 1.29. The minimum absolute atomic E-state index is 0.0729. The molecular formula is C31H35F4N5O4. The van der Waals surface area contributed by atoms with Gasteiger partial charge in [-0.2, -0.15) is 23.1 Å². The van der Waals surface area contributed by atoms with Gasteiger partial charge in [-0.05, 0) is 61.8 Å². The molecule has 3 aromatic rings. The van der Waals surface area contributed by atoms with Crippen molar-refractivity contribution in [3.63, 3.8) is 0 Å². The SMILES string of the molecule is CCOC(=O)C1CC2(CCN(c3cc(O[C@H](c4ccc(-c5ccc(OCC)c(F)c5)cc4)C(F)(F)F)nc(N)n3)CC2)CN1. The van der Waals surface area contributed by atoms with E-state index in [2.05, 4.69) is 15.3 Å². The molecule has 0 saturated carbocycles. The van der Waals surface area contributed by atoms with E-state index < -0.39 is 18.1 Å². The Morgan fingerprint density at radius 2 is 1.77 bits per heavy atom. The highest BCUT2D eigenvalue weighted by Crippen LogP contribution is 2.42. The molecule has 2 aromatic carbocycles. The van der Waals surface area contributed by atoms with Crippen LogP contribution in [0.4, 0.5) is 29.3 Å². The van der Waals surface area contributed by atoms with Crippen molar-refractivity contribution in [2.75, 3.05) is 43.5 Å². The van der Waals surface area contributed by atoms with E-state index >= 15 is 0 Å². The summed E-state index contributed by atoms with van der Waals surface area (Å²) in [6, 6.07) is 10.9. The van der Waals surface area contributed by atoms with Crippen molar-refractivity contribution in [3.8, 4) is 22.8 Å². The topological polar surface area (TPSA) is 112 Å². The zero-order chi connectivity index (χ0) is 31.5. The molecule has 3 N–H and O–H groups in total. The summed E-state index contributed by atoms with van der Waals surface area (Å²) in [7, 11) is 0. The molecule has 2 aliphatic heterocycles. The highest BCUT2D eigenvalue weighted by molar-refractivity contribution is 5.76. The predicted octanol–water partition coefficient (Wildman–Crippen LogP) is 5.46. The summed E-state index contributed by atoms with van der Waals surface area (Å²) in [5.74, 6) is -0.870. The van der Waals surface area contributed by atoms with Gasteiger partial charge in [-0.1, -0.05) is 30.3 Å². The second-order valence-corrected chi connectivity index (χ2v) is 11.0. The fourth-order valence-electron chi connectivity index (χ4n) is 5.82. The first-order chi connectivity index (χ1) is 21.0. The molecule has 1 spiro atoms. The Labute approximate surface area is 252 Å². The van der Waals surface area contributed by atoms with Crippen molar-refractivity contribution in [3.05, 3.63) is 59.9 Å². The van der Waals surface area contributed by atoms with Crippen LogP contribution in [0.3, 0.4) is 0 Å². The van der Waals surface area contributed by atoms with Gasteiger partial charge in [-0.15, -0.1) is 0 Å². The van der Waals surface area contributed by atoms with Crippen molar-refractivity contribution >= 4 is 17.7 Å². The number of esters is 1. The first kappa shape index (κ1) is 31.3. The third-order valence-electron chi connectivity index (χ3n) is 8.10. The number of nitrogens with one attached hydrogen (secondary N) is 1. The number of anilines is 2. The Bertz CT molecular complexity index is 1460. The number of carbonyl (C=O) groups is 1. The lowest BCUT2D eigenvalue weighted by Gasteiger charge is -2.39. The number of aromatic nitrogens is 2. The molecule has 2 atom stereocenters. The van der Waals surface area contributed by atoms with Crippen molar-refractivity contribution in [1.29, 1.82) is 0 Å². The number of halogens is 4. The number of piperidine rings is 1. The summed E-state index contributed by atoms with van der Waals surface area (Å²) in [5.41, 5.74) is 6.69. The molecule has 2 fully saturated rings. The maximum absolute atomic E-state index is 14.3. The molecule has 0 radical (unpaired) electrons. The van der Waals surface area contributed by atoms with Gasteiger partial charge in [0.15, 0.2) is 11.6 Å². The largest absolute Gasteiger partial charge is 0.491 e. The number of alkyl halides is 3. The monoisotopic (exact) mass is 617 g/mol. The summed E-state index contributed by atoms with van der Waals surface area (Å²) in [5, 5.41) is 3.26. The van der Waals surface area contributed by atoms with Crippen LogP contribution in [0.2, 0.25) is 0 Å². The fourth-order valence-corrected chi connectivity index (χ4v) is 5.82. The van der Waals surface area contributed by atoms with Gasteiger partial charge in [-0.3, -0.25) is 4.79 Å². The Kier molecular flexibility index (Phi) is 9.14. The van der Waals surface area contributed by atoms with E-state index in [1.54, 1.807) is 19.9 Å². The fraction of sp³-hybridized carbons (Fsp3) is 0.452. The van der Waals surface area contributed by atoms with Crippen LogP contribution in [0.5, 0.6) is 11.6 Å². The zero-order valence-corrected chi connectivity index (χ0v) is 24.5. The number of nitrogens with two attached hydrogens (primary N) is 1. The van der Waals surface area contributed by atoms with E-state index in [1.807, 2.05) is 4.90 Å². The van der Waals surface area contributed by atoms with Crippen LogP contribution < -0.4 is 25.4 Å². The van der Waals surface area contributed by atoms with E-state index in [1.165, 1.54) is 42.5 Å². The molecule has 0 bridgehead atoms. The molecular weight excluding hydrogens is 582 g/mol. The third-order valence-corrected chi connectivity index (χ3v) is 8.10. The van der Waals surface area contributed by atoms with Crippen LogP contribution in [-0.2, 0) is 9.53 Å². The van der Waals surface area contributed by atoms with E-state index in [4.69, 9.17) is 19.9 Å². The summed E-state index contributed by atoms with van der Waals surface area (Å²) < 4.78 is 72.8. The lowest BCUT2D eigenvalue weighted by Crippen LogP contribution is -2.41. The molecule has 0 amide bonds. The van der Waals surface area contributed by atoms with Crippen molar-refractivity contribution < 1.29 is 36.6 Å². The van der Waals surface area contributed by atoms with Gasteiger partial charge < -0.3 is 30.2 Å². The number of rotatable bonds is 9. The van der Waals surface area contributed by atoms with Crippen LogP contribution in [0.1, 0.15) is 44.8 Å². The Morgan fingerprint density at radius 1 is 1.07 bits per heavy atom. The van der Waals surface area contributed by atoms with Gasteiger partial charge in [-0.25, -0.2) is 4.39 Å². The molecule has 13 heteroatoms. The predicted molar refractivity (Wildman–Crippen MR) is 156 cm³/mol. The van der Waals surface area contributed by atoms with Gasteiger partial charge in [0.2, 0.25) is 17.9 Å². The summed E-state index contributed by atoms with van der Waals surface area (Å²) in [6.45, 7) is 5.97. The van der Waals surface area contributed by atoms with Gasteiger partial charge in [0.25, 0.3) is 0 Å². The normalized spacial score (nSPS) is 18.7. The number of benzene rings is 2. The van der Waals surface area contributed by atoms with Crippen molar-refractivity contribution in [1.82, 2.24) is 15.3 Å². The highest BCUT2D eigenvalue weighted by atomic mass is 19.4. The molecule has 2 aliphatic rings. The maximum atomic E-state index is 14.3. The van der Waals surface area contributed by atoms with Crippen molar-refractivity contribution in [2.24, 2.45) is 5.41 Å². The van der Waals surface area contributed by atoms with Gasteiger partial charge in [0.1, 0.15) is 11.9 Å². The van der Waals surface area contributed by atoms with E-state index in [0.717, 1.165) is 12.8 Å². The second-order valence-electron chi connectivity index (χ2n) is 11.0. The smallest absolute Gasteiger partial charge is 0.429 e. The van der Waals surface area contributed by atoms with Gasteiger partial charge in [0.05, 0.1) is 13.2 Å². The number of nitrogens with zero attached hydrogens (tertiary/aromatic N) is 3. The third kappa shape index (κ3) is 6.98. The number of carbonyl (C=O) groups excluding carboxylic acids is 1. The first-order valence-electron chi connectivity index (χ1n) is 14.6. The lowest BCUT2D eigenvalue weighted by atomic mass is 9.76. The minimum atomic E-state index is -4.77. The van der Waals surface area contributed by atoms with Crippen LogP contribution in [0, 0.1) is 11.2 Å². The summed E-state index contributed by atoms with van der Waals surface area (Å²) >= 11 is 0. The van der Waals surface area contributed by atoms with E-state index in [0.29, 0.717) is 56.2 Å². The molecule has 3 heterocycles. The Hall–Kier alpha value is -4.13. The quantitative estimate of drug-likeness (QED) is 0.239.